The monoisotopic (exact) mass is 364 g/mol. The van der Waals surface area contributed by atoms with Crippen molar-refractivity contribution in [3.63, 3.8) is 0 Å². The van der Waals surface area contributed by atoms with Crippen LogP contribution in [0.5, 0.6) is 0 Å². The minimum absolute atomic E-state index is 0.0613. The molecule has 17 heavy (non-hydrogen) atoms. The number of nitrogens with zero attached hydrogens (tertiary/aromatic N) is 1. The molecule has 0 saturated heterocycles. The summed E-state index contributed by atoms with van der Waals surface area (Å²) in [5, 5.41) is 12.8. The summed E-state index contributed by atoms with van der Waals surface area (Å²) in [5.41, 5.74) is -0.0613. The minimum atomic E-state index is -0.0613. The maximum atomic E-state index is 9.49. The maximum absolute atomic E-state index is 9.49. The van der Waals surface area contributed by atoms with E-state index in [-0.39, 0.29) is 12.0 Å². The molecule has 0 aromatic carbocycles. The lowest BCUT2D eigenvalue weighted by Gasteiger charge is -2.29. The first-order valence-corrected chi connectivity index (χ1v) is 7.31. The van der Waals surface area contributed by atoms with E-state index >= 15 is 0 Å². The molecule has 0 spiro atoms. The number of hydrogen-bond donors (Lipinski definition) is 2. The molecule has 1 rings (SSSR count). The van der Waals surface area contributed by atoms with E-state index in [1.807, 2.05) is 6.07 Å². The van der Waals surface area contributed by atoms with Crippen LogP contribution in [0.3, 0.4) is 0 Å². The van der Waals surface area contributed by atoms with Gasteiger partial charge in [-0.2, -0.15) is 0 Å². The van der Waals surface area contributed by atoms with Gasteiger partial charge >= 0.3 is 0 Å². The van der Waals surface area contributed by atoms with Gasteiger partial charge in [-0.3, -0.25) is 0 Å². The second-order valence-corrected chi connectivity index (χ2v) is 5.97. The molecule has 0 aliphatic rings. The van der Waals surface area contributed by atoms with Gasteiger partial charge in [0.2, 0.25) is 0 Å². The highest BCUT2D eigenvalue weighted by molar-refractivity contribution is 9.11. The van der Waals surface area contributed by atoms with Crippen molar-refractivity contribution in [2.75, 3.05) is 18.5 Å². The molecule has 1 aromatic heterocycles. The predicted molar refractivity (Wildman–Crippen MR) is 78.2 cm³/mol. The molecule has 5 heteroatoms. The topological polar surface area (TPSA) is 45.1 Å². The number of rotatable bonds is 6. The minimum Gasteiger partial charge on any atom is -0.396 e. The van der Waals surface area contributed by atoms with Gasteiger partial charge < -0.3 is 10.4 Å². The van der Waals surface area contributed by atoms with E-state index in [4.69, 9.17) is 0 Å². The summed E-state index contributed by atoms with van der Waals surface area (Å²) in [6, 6.07) is 1.95. The van der Waals surface area contributed by atoms with Crippen molar-refractivity contribution >= 4 is 37.7 Å². The van der Waals surface area contributed by atoms with Gasteiger partial charge in [0.25, 0.3) is 0 Å². The van der Waals surface area contributed by atoms with Crippen LogP contribution in [0.1, 0.15) is 26.7 Å². The van der Waals surface area contributed by atoms with Crippen molar-refractivity contribution in [2.24, 2.45) is 5.41 Å². The smallest absolute Gasteiger partial charge is 0.140 e. The number of hydrogen-bond acceptors (Lipinski definition) is 3. The summed E-state index contributed by atoms with van der Waals surface area (Å²) >= 11 is 6.83. The van der Waals surface area contributed by atoms with Crippen molar-refractivity contribution in [2.45, 2.75) is 26.7 Å². The lowest BCUT2D eigenvalue weighted by molar-refractivity contribution is 0.127. The first-order chi connectivity index (χ1) is 8.06. The van der Waals surface area contributed by atoms with E-state index in [1.54, 1.807) is 6.20 Å². The number of pyridine rings is 1. The molecule has 96 valence electrons. The fraction of sp³-hybridized carbons (Fsp3) is 0.583. The lowest BCUT2D eigenvalue weighted by Crippen LogP contribution is -2.32. The second-order valence-electron chi connectivity index (χ2n) is 4.20. The lowest BCUT2D eigenvalue weighted by atomic mass is 9.83. The Bertz CT molecular complexity index is 359. The third kappa shape index (κ3) is 3.93. The van der Waals surface area contributed by atoms with Crippen LogP contribution < -0.4 is 5.32 Å². The number of aliphatic hydroxyl groups is 1. The van der Waals surface area contributed by atoms with Crippen LogP contribution in [0.4, 0.5) is 5.82 Å². The van der Waals surface area contributed by atoms with Gasteiger partial charge in [-0.1, -0.05) is 13.8 Å². The normalized spacial score (nSPS) is 11.6. The zero-order valence-electron chi connectivity index (χ0n) is 10.1. The average Bonchev–Trinajstić information content (AvgIpc) is 2.33. The average molecular weight is 366 g/mol. The zero-order valence-corrected chi connectivity index (χ0v) is 13.3. The molecule has 0 bridgehead atoms. The summed E-state index contributed by atoms with van der Waals surface area (Å²) < 4.78 is 1.86. The zero-order chi connectivity index (χ0) is 12.9. The molecule has 1 heterocycles. The van der Waals surface area contributed by atoms with E-state index in [9.17, 15) is 5.11 Å². The highest BCUT2D eigenvalue weighted by Gasteiger charge is 2.25. The second kappa shape index (κ2) is 6.71. The largest absolute Gasteiger partial charge is 0.396 e. The molecule has 0 radical (unpaired) electrons. The Morgan fingerprint density at radius 3 is 2.47 bits per heavy atom. The summed E-state index contributed by atoms with van der Waals surface area (Å²) in [4.78, 5) is 4.30. The molecule has 0 saturated carbocycles. The van der Waals surface area contributed by atoms with E-state index in [1.165, 1.54) is 0 Å². The molecule has 2 N–H and O–H groups in total. The molecule has 0 aliphatic carbocycles. The number of anilines is 1. The van der Waals surface area contributed by atoms with Crippen molar-refractivity contribution in [1.29, 1.82) is 0 Å². The van der Waals surface area contributed by atoms with Gasteiger partial charge in [0.15, 0.2) is 0 Å². The quantitative estimate of drug-likeness (QED) is 0.805. The Balaban J connectivity index is 2.72. The third-order valence-electron chi connectivity index (χ3n) is 3.27. The van der Waals surface area contributed by atoms with Gasteiger partial charge in [0.05, 0.1) is 11.1 Å². The first kappa shape index (κ1) is 14.9. The number of halogens is 2. The van der Waals surface area contributed by atoms with Crippen LogP contribution in [-0.4, -0.2) is 23.2 Å². The Morgan fingerprint density at radius 2 is 2.00 bits per heavy atom. The number of aromatic nitrogens is 1. The highest BCUT2D eigenvalue weighted by Crippen LogP contribution is 2.28. The van der Waals surface area contributed by atoms with Crippen LogP contribution in [0.2, 0.25) is 0 Å². The first-order valence-electron chi connectivity index (χ1n) is 5.72. The molecule has 0 aliphatic heterocycles. The van der Waals surface area contributed by atoms with Gasteiger partial charge in [-0.15, -0.1) is 0 Å². The Kier molecular flexibility index (Phi) is 5.89. The molecule has 0 amide bonds. The van der Waals surface area contributed by atoms with E-state index in [2.05, 4.69) is 56.0 Å². The van der Waals surface area contributed by atoms with E-state index in [0.717, 1.165) is 34.1 Å². The van der Waals surface area contributed by atoms with Crippen LogP contribution in [0, 0.1) is 5.41 Å². The predicted octanol–water partition coefficient (Wildman–Crippen LogP) is 3.82. The molecular formula is C12H18Br2N2O. The molecule has 0 unspecified atom stereocenters. The molecule has 0 fully saturated rings. The van der Waals surface area contributed by atoms with Crippen molar-refractivity contribution < 1.29 is 5.11 Å². The van der Waals surface area contributed by atoms with Crippen LogP contribution in [0.15, 0.2) is 21.2 Å². The Hall–Kier alpha value is -0.130. The maximum Gasteiger partial charge on any atom is 0.140 e. The van der Waals surface area contributed by atoms with Gasteiger partial charge in [-0.25, -0.2) is 4.98 Å². The Labute approximate surface area is 119 Å². The molecular weight excluding hydrogens is 348 g/mol. The van der Waals surface area contributed by atoms with Crippen molar-refractivity contribution in [3.05, 3.63) is 21.2 Å². The summed E-state index contributed by atoms with van der Waals surface area (Å²) in [5.74, 6) is 0.813. The highest BCUT2D eigenvalue weighted by atomic mass is 79.9. The summed E-state index contributed by atoms with van der Waals surface area (Å²) in [7, 11) is 0. The van der Waals surface area contributed by atoms with Gasteiger partial charge in [-0.05, 0) is 50.8 Å². The van der Waals surface area contributed by atoms with Crippen molar-refractivity contribution in [3.8, 4) is 0 Å². The fourth-order valence-electron chi connectivity index (χ4n) is 1.60. The van der Waals surface area contributed by atoms with Crippen LogP contribution in [0.25, 0.3) is 0 Å². The third-order valence-corrected chi connectivity index (χ3v) is 4.31. The molecule has 1 aromatic rings. The van der Waals surface area contributed by atoms with E-state index in [0.29, 0.717) is 0 Å². The fourth-order valence-corrected chi connectivity index (χ4v) is 2.72. The molecule has 0 atom stereocenters. The van der Waals surface area contributed by atoms with Gasteiger partial charge in [0.1, 0.15) is 5.82 Å². The SMILES string of the molecule is CCC(CC)(CO)CNc1ncc(Br)cc1Br. The van der Waals surface area contributed by atoms with Crippen LogP contribution >= 0.6 is 31.9 Å². The van der Waals surface area contributed by atoms with E-state index < -0.39 is 0 Å². The number of nitrogens with one attached hydrogen (secondary N) is 1. The number of aliphatic hydroxyl groups excluding tert-OH is 1. The summed E-state index contributed by atoms with van der Waals surface area (Å²) in [6.45, 7) is 5.13. The standard InChI is InChI=1S/C12H18Br2N2O/c1-3-12(4-2,8-17)7-16-11-10(14)5-9(13)6-15-11/h5-6,17H,3-4,7-8H2,1-2H3,(H,15,16). The van der Waals surface area contributed by atoms with Crippen molar-refractivity contribution in [1.82, 2.24) is 4.98 Å². The molecule has 3 nitrogen and oxygen atoms in total. The van der Waals surface area contributed by atoms with Gasteiger partial charge in [0, 0.05) is 22.6 Å². The Morgan fingerprint density at radius 1 is 1.35 bits per heavy atom. The summed E-state index contributed by atoms with van der Waals surface area (Å²) in [6.07, 6.45) is 3.65. The van der Waals surface area contributed by atoms with Crippen LogP contribution in [-0.2, 0) is 0 Å².